The van der Waals surface area contributed by atoms with E-state index in [0.29, 0.717) is 11.0 Å². The lowest BCUT2D eigenvalue weighted by Gasteiger charge is -2.20. The summed E-state index contributed by atoms with van der Waals surface area (Å²) in [5.41, 5.74) is 2.58. The molecule has 1 heterocycles. The first-order valence-electron chi connectivity index (χ1n) is 9.29. The van der Waals surface area contributed by atoms with E-state index in [0.717, 1.165) is 28.0 Å². The minimum atomic E-state index is -0.174. The largest absolute Gasteiger partial charge is 0.451 e. The third-order valence-electron chi connectivity index (χ3n) is 4.95. The fourth-order valence-corrected chi connectivity index (χ4v) is 4.92. The normalized spacial score (nSPS) is 15.2. The summed E-state index contributed by atoms with van der Waals surface area (Å²) in [4.78, 5) is 12.8. The van der Waals surface area contributed by atoms with Gasteiger partial charge in [-0.15, -0.1) is 0 Å². The second kappa shape index (κ2) is 8.00. The van der Waals surface area contributed by atoms with Gasteiger partial charge in [0.2, 0.25) is 0 Å². The van der Waals surface area contributed by atoms with Crippen LogP contribution in [-0.4, -0.2) is 11.2 Å². The Morgan fingerprint density at radius 1 is 1.00 bits per heavy atom. The fraction of sp³-hybridized carbons (Fsp3) is 0.318. The number of amides is 1. The third kappa shape index (κ3) is 3.80. The molecule has 0 bridgehead atoms. The van der Waals surface area contributed by atoms with Gasteiger partial charge < -0.3 is 9.73 Å². The van der Waals surface area contributed by atoms with E-state index in [1.807, 2.05) is 60.3 Å². The van der Waals surface area contributed by atoms with E-state index < -0.39 is 0 Å². The van der Waals surface area contributed by atoms with Crippen molar-refractivity contribution in [1.29, 1.82) is 0 Å². The van der Waals surface area contributed by atoms with E-state index in [-0.39, 0.29) is 5.91 Å². The van der Waals surface area contributed by atoms with Gasteiger partial charge in [-0.25, -0.2) is 0 Å². The number of thioether (sulfide) groups is 1. The highest BCUT2D eigenvalue weighted by Crippen LogP contribution is 2.35. The Balaban J connectivity index is 1.59. The maximum Gasteiger partial charge on any atom is 0.291 e. The Morgan fingerprint density at radius 2 is 1.73 bits per heavy atom. The molecule has 4 heteroatoms. The molecule has 1 amide bonds. The summed E-state index contributed by atoms with van der Waals surface area (Å²) in [6.45, 7) is 0. The molecular formula is C22H23NO2S. The number of rotatable bonds is 5. The molecule has 0 radical (unpaired) electrons. The molecule has 0 aliphatic heterocycles. The van der Waals surface area contributed by atoms with Gasteiger partial charge >= 0.3 is 0 Å². The Morgan fingerprint density at radius 3 is 2.54 bits per heavy atom. The molecule has 134 valence electrons. The Hall–Kier alpha value is -2.20. The average Bonchev–Trinajstić information content (AvgIpc) is 3.07. The molecule has 1 saturated carbocycles. The molecule has 1 aliphatic rings. The SMILES string of the molecule is O=C(Nc1ccccc1)c1oc2ccccc2c1CSC1CCCCC1. The van der Waals surface area contributed by atoms with E-state index in [2.05, 4.69) is 11.4 Å². The van der Waals surface area contributed by atoms with Crippen molar-refractivity contribution in [3.8, 4) is 0 Å². The Bertz CT molecular complexity index is 882. The van der Waals surface area contributed by atoms with Gasteiger partial charge in [0.15, 0.2) is 5.76 Å². The highest BCUT2D eigenvalue weighted by Gasteiger charge is 2.22. The molecular weight excluding hydrogens is 342 g/mol. The maximum atomic E-state index is 12.8. The monoisotopic (exact) mass is 365 g/mol. The van der Waals surface area contributed by atoms with Crippen LogP contribution in [0.15, 0.2) is 59.0 Å². The molecule has 1 aliphatic carbocycles. The first-order chi connectivity index (χ1) is 12.8. The van der Waals surface area contributed by atoms with Crippen molar-refractivity contribution in [2.75, 3.05) is 5.32 Å². The number of para-hydroxylation sites is 2. The first-order valence-corrected chi connectivity index (χ1v) is 10.3. The Kier molecular flexibility index (Phi) is 5.30. The van der Waals surface area contributed by atoms with Gasteiger partial charge in [-0.1, -0.05) is 55.7 Å². The van der Waals surface area contributed by atoms with E-state index >= 15 is 0 Å². The lowest BCUT2D eigenvalue weighted by Crippen LogP contribution is -2.13. The highest BCUT2D eigenvalue weighted by atomic mass is 32.2. The summed E-state index contributed by atoms with van der Waals surface area (Å²) >= 11 is 1.97. The molecule has 1 aromatic heterocycles. The standard InChI is InChI=1S/C22H23NO2S/c24-22(23-16-9-3-1-4-10-16)21-19(15-26-17-11-5-2-6-12-17)18-13-7-8-14-20(18)25-21/h1,3-4,7-10,13-14,17H,2,5-6,11-12,15H2,(H,23,24). The molecule has 2 aromatic carbocycles. The van der Waals surface area contributed by atoms with Gasteiger partial charge in [0.1, 0.15) is 5.58 Å². The molecule has 0 spiro atoms. The molecule has 0 atom stereocenters. The predicted octanol–water partition coefficient (Wildman–Crippen LogP) is 6.25. The van der Waals surface area contributed by atoms with E-state index in [1.54, 1.807) is 0 Å². The number of nitrogens with one attached hydrogen (secondary N) is 1. The summed E-state index contributed by atoms with van der Waals surface area (Å²) in [6.07, 6.45) is 6.57. The van der Waals surface area contributed by atoms with Crippen molar-refractivity contribution in [3.05, 3.63) is 65.9 Å². The predicted molar refractivity (Wildman–Crippen MR) is 109 cm³/mol. The van der Waals surface area contributed by atoms with Crippen LogP contribution in [0.2, 0.25) is 0 Å². The summed E-state index contributed by atoms with van der Waals surface area (Å²) in [7, 11) is 0. The Labute approximate surface area is 158 Å². The number of anilines is 1. The van der Waals surface area contributed by atoms with Gasteiger partial charge in [-0.2, -0.15) is 11.8 Å². The van der Waals surface area contributed by atoms with Gasteiger partial charge in [-0.05, 0) is 31.0 Å². The van der Waals surface area contributed by atoms with Crippen LogP contribution in [-0.2, 0) is 5.75 Å². The van der Waals surface area contributed by atoms with Crippen molar-refractivity contribution in [3.63, 3.8) is 0 Å². The minimum Gasteiger partial charge on any atom is -0.451 e. The van der Waals surface area contributed by atoms with E-state index in [9.17, 15) is 4.79 Å². The number of carbonyl (C=O) groups is 1. The fourth-order valence-electron chi connectivity index (χ4n) is 3.57. The van der Waals surface area contributed by atoms with E-state index in [4.69, 9.17) is 4.42 Å². The molecule has 1 N–H and O–H groups in total. The maximum absolute atomic E-state index is 12.8. The number of benzene rings is 2. The van der Waals surface area contributed by atoms with Crippen molar-refractivity contribution in [1.82, 2.24) is 0 Å². The van der Waals surface area contributed by atoms with Crippen LogP contribution in [0.3, 0.4) is 0 Å². The van der Waals surface area contributed by atoms with Crippen molar-refractivity contribution >= 4 is 34.3 Å². The lowest BCUT2D eigenvalue weighted by molar-refractivity contribution is 0.0998. The highest BCUT2D eigenvalue weighted by molar-refractivity contribution is 7.99. The topological polar surface area (TPSA) is 42.2 Å². The van der Waals surface area contributed by atoms with Crippen LogP contribution in [0.1, 0.15) is 48.2 Å². The van der Waals surface area contributed by atoms with Gasteiger partial charge in [0.05, 0.1) is 0 Å². The van der Waals surface area contributed by atoms with Crippen molar-refractivity contribution in [2.45, 2.75) is 43.1 Å². The van der Waals surface area contributed by atoms with Crippen LogP contribution in [0.5, 0.6) is 0 Å². The summed E-state index contributed by atoms with van der Waals surface area (Å²) in [5, 5.41) is 4.70. The van der Waals surface area contributed by atoms with Crippen LogP contribution in [0, 0.1) is 0 Å². The second-order valence-electron chi connectivity index (χ2n) is 6.80. The number of furan rings is 1. The average molecular weight is 365 g/mol. The molecule has 4 rings (SSSR count). The molecule has 26 heavy (non-hydrogen) atoms. The number of carbonyl (C=O) groups excluding carboxylic acids is 1. The molecule has 0 saturated heterocycles. The summed E-state index contributed by atoms with van der Waals surface area (Å²) in [6, 6.07) is 17.5. The number of hydrogen-bond acceptors (Lipinski definition) is 3. The smallest absolute Gasteiger partial charge is 0.291 e. The van der Waals surface area contributed by atoms with Crippen LogP contribution >= 0.6 is 11.8 Å². The lowest BCUT2D eigenvalue weighted by atomic mass is 10.0. The minimum absolute atomic E-state index is 0.174. The second-order valence-corrected chi connectivity index (χ2v) is 8.09. The molecule has 3 nitrogen and oxygen atoms in total. The quantitative estimate of drug-likeness (QED) is 0.581. The third-order valence-corrected chi connectivity index (χ3v) is 6.35. The summed E-state index contributed by atoms with van der Waals surface area (Å²) < 4.78 is 5.95. The van der Waals surface area contributed by atoms with E-state index in [1.165, 1.54) is 32.1 Å². The van der Waals surface area contributed by atoms with Gasteiger partial charge in [0, 0.05) is 27.6 Å². The van der Waals surface area contributed by atoms with Crippen LogP contribution in [0.4, 0.5) is 5.69 Å². The van der Waals surface area contributed by atoms with Gasteiger partial charge in [-0.3, -0.25) is 4.79 Å². The zero-order valence-electron chi connectivity index (χ0n) is 14.7. The van der Waals surface area contributed by atoms with Gasteiger partial charge in [0.25, 0.3) is 5.91 Å². The van der Waals surface area contributed by atoms with Crippen LogP contribution in [0.25, 0.3) is 11.0 Å². The first kappa shape index (κ1) is 17.2. The number of fused-ring (bicyclic) bond motifs is 1. The molecule has 1 fully saturated rings. The summed E-state index contributed by atoms with van der Waals surface area (Å²) in [5.74, 6) is 1.09. The van der Waals surface area contributed by atoms with Crippen molar-refractivity contribution < 1.29 is 9.21 Å². The van der Waals surface area contributed by atoms with Crippen LogP contribution < -0.4 is 5.32 Å². The zero-order valence-corrected chi connectivity index (χ0v) is 15.6. The number of hydrogen-bond donors (Lipinski definition) is 1. The molecule has 0 unspecified atom stereocenters. The zero-order chi connectivity index (χ0) is 17.8. The van der Waals surface area contributed by atoms with Crippen molar-refractivity contribution in [2.24, 2.45) is 0 Å². The molecule has 3 aromatic rings.